The van der Waals surface area contributed by atoms with E-state index in [1.165, 1.54) is 5.56 Å². The van der Waals surface area contributed by atoms with Gasteiger partial charge in [-0.1, -0.05) is 23.8 Å². The molecule has 0 aromatic heterocycles. The highest BCUT2D eigenvalue weighted by atomic mass is 16.5. The van der Waals surface area contributed by atoms with Crippen molar-refractivity contribution in [3.05, 3.63) is 34.9 Å². The predicted molar refractivity (Wildman–Crippen MR) is 49.8 cm³/mol. The molecule has 13 heavy (non-hydrogen) atoms. The number of ketones is 1. The first kappa shape index (κ1) is 8.45. The Kier molecular flexibility index (Phi) is 1.93. The molecule has 0 saturated carbocycles. The second-order valence-electron chi connectivity index (χ2n) is 3.48. The van der Waals surface area contributed by atoms with E-state index in [0.717, 1.165) is 11.1 Å². The van der Waals surface area contributed by atoms with E-state index in [1.54, 1.807) is 6.92 Å². The van der Waals surface area contributed by atoms with Gasteiger partial charge in [0.1, 0.15) is 6.10 Å². The zero-order chi connectivity index (χ0) is 9.42. The molecule has 0 bridgehead atoms. The van der Waals surface area contributed by atoms with E-state index in [1.807, 2.05) is 25.1 Å². The summed E-state index contributed by atoms with van der Waals surface area (Å²) in [7, 11) is 0. The lowest BCUT2D eigenvalue weighted by molar-refractivity contribution is 0.0336. The van der Waals surface area contributed by atoms with Crippen LogP contribution in [0.1, 0.15) is 28.4 Å². The fourth-order valence-corrected chi connectivity index (χ4v) is 1.59. The van der Waals surface area contributed by atoms with Gasteiger partial charge in [0.25, 0.3) is 0 Å². The summed E-state index contributed by atoms with van der Waals surface area (Å²) < 4.78 is 5.32. The molecule has 1 aliphatic heterocycles. The number of ether oxygens (including phenoxy) is 1. The number of hydrogen-bond acceptors (Lipinski definition) is 2. The molecule has 1 heterocycles. The van der Waals surface area contributed by atoms with Gasteiger partial charge in [-0.25, -0.2) is 0 Å². The lowest BCUT2D eigenvalue weighted by atomic mass is 9.97. The van der Waals surface area contributed by atoms with Crippen LogP contribution in [0.4, 0.5) is 0 Å². The van der Waals surface area contributed by atoms with Crippen molar-refractivity contribution in [3.63, 3.8) is 0 Å². The smallest absolute Gasteiger partial charge is 0.191 e. The van der Waals surface area contributed by atoms with E-state index in [9.17, 15) is 4.79 Å². The third-order valence-electron chi connectivity index (χ3n) is 2.38. The van der Waals surface area contributed by atoms with Crippen LogP contribution in [-0.2, 0) is 11.3 Å². The maximum atomic E-state index is 11.6. The summed E-state index contributed by atoms with van der Waals surface area (Å²) in [6, 6.07) is 5.87. The lowest BCUT2D eigenvalue weighted by Gasteiger charge is -2.21. The fourth-order valence-electron chi connectivity index (χ4n) is 1.59. The molecule has 1 aromatic rings. The molecule has 0 N–H and O–H groups in total. The van der Waals surface area contributed by atoms with Crippen molar-refractivity contribution in [2.75, 3.05) is 0 Å². The van der Waals surface area contributed by atoms with Crippen molar-refractivity contribution < 1.29 is 9.53 Å². The SMILES string of the molecule is Cc1ccc2c(c1)COC(C)C2=O. The van der Waals surface area contributed by atoms with Gasteiger partial charge in [0.2, 0.25) is 0 Å². The van der Waals surface area contributed by atoms with E-state index in [4.69, 9.17) is 4.74 Å². The number of carbonyl (C=O) groups is 1. The third kappa shape index (κ3) is 1.38. The second kappa shape index (κ2) is 2.96. The Morgan fingerprint density at radius 1 is 1.46 bits per heavy atom. The van der Waals surface area contributed by atoms with Crippen molar-refractivity contribution in [2.24, 2.45) is 0 Å². The van der Waals surface area contributed by atoms with Gasteiger partial charge in [-0.15, -0.1) is 0 Å². The van der Waals surface area contributed by atoms with E-state index in [-0.39, 0.29) is 11.9 Å². The zero-order valence-corrected chi connectivity index (χ0v) is 7.83. The minimum absolute atomic E-state index is 0.0984. The van der Waals surface area contributed by atoms with Gasteiger partial charge in [-0.05, 0) is 19.4 Å². The molecule has 2 rings (SSSR count). The van der Waals surface area contributed by atoms with E-state index < -0.39 is 0 Å². The van der Waals surface area contributed by atoms with E-state index in [0.29, 0.717) is 6.61 Å². The Bertz CT molecular complexity index is 355. The zero-order valence-electron chi connectivity index (χ0n) is 7.83. The lowest BCUT2D eigenvalue weighted by Crippen LogP contribution is -2.27. The molecule has 2 heteroatoms. The first-order valence-corrected chi connectivity index (χ1v) is 4.44. The van der Waals surface area contributed by atoms with Gasteiger partial charge >= 0.3 is 0 Å². The van der Waals surface area contributed by atoms with Crippen LogP contribution in [0.3, 0.4) is 0 Å². The van der Waals surface area contributed by atoms with Crippen LogP contribution in [0.25, 0.3) is 0 Å². The van der Waals surface area contributed by atoms with Gasteiger partial charge in [0.05, 0.1) is 6.61 Å². The number of hydrogen-bond donors (Lipinski definition) is 0. The summed E-state index contributed by atoms with van der Waals surface area (Å²) in [5.74, 6) is 0.0984. The molecule has 1 atom stereocenters. The van der Waals surface area contributed by atoms with Crippen LogP contribution in [0.5, 0.6) is 0 Å². The van der Waals surface area contributed by atoms with Crippen LogP contribution >= 0.6 is 0 Å². The Balaban J connectivity index is 2.50. The largest absolute Gasteiger partial charge is 0.366 e. The molecular formula is C11H12O2. The highest BCUT2D eigenvalue weighted by Crippen LogP contribution is 2.21. The minimum Gasteiger partial charge on any atom is -0.366 e. The van der Waals surface area contributed by atoms with Crippen LogP contribution in [0, 0.1) is 6.92 Å². The molecule has 0 aliphatic carbocycles. The molecule has 0 amide bonds. The normalized spacial score (nSPS) is 21.4. The summed E-state index contributed by atoms with van der Waals surface area (Å²) in [6.45, 7) is 4.37. The van der Waals surface area contributed by atoms with Gasteiger partial charge in [-0.2, -0.15) is 0 Å². The quantitative estimate of drug-likeness (QED) is 0.605. The van der Waals surface area contributed by atoms with Gasteiger partial charge in [0, 0.05) is 5.56 Å². The number of carbonyl (C=O) groups excluding carboxylic acids is 1. The topological polar surface area (TPSA) is 26.3 Å². The first-order valence-electron chi connectivity index (χ1n) is 4.44. The summed E-state index contributed by atoms with van der Waals surface area (Å²) >= 11 is 0. The standard InChI is InChI=1S/C11H12O2/c1-7-3-4-10-9(5-7)6-13-8(2)11(10)12/h3-5,8H,6H2,1-2H3. The number of benzene rings is 1. The van der Waals surface area contributed by atoms with Crippen LogP contribution in [0.15, 0.2) is 18.2 Å². The molecule has 0 saturated heterocycles. The monoisotopic (exact) mass is 176 g/mol. The molecule has 1 aromatic carbocycles. The van der Waals surface area contributed by atoms with Crippen LogP contribution in [0.2, 0.25) is 0 Å². The molecular weight excluding hydrogens is 164 g/mol. The summed E-state index contributed by atoms with van der Waals surface area (Å²) in [5, 5.41) is 0. The molecule has 2 nitrogen and oxygen atoms in total. The fraction of sp³-hybridized carbons (Fsp3) is 0.364. The van der Waals surface area contributed by atoms with Gasteiger partial charge in [0.15, 0.2) is 5.78 Å². The summed E-state index contributed by atoms with van der Waals surface area (Å²) in [6.07, 6.45) is -0.282. The number of fused-ring (bicyclic) bond motifs is 1. The number of aryl methyl sites for hydroxylation is 1. The first-order chi connectivity index (χ1) is 6.18. The van der Waals surface area contributed by atoms with Crippen LogP contribution in [-0.4, -0.2) is 11.9 Å². The summed E-state index contributed by atoms with van der Waals surface area (Å²) in [5.41, 5.74) is 3.01. The average molecular weight is 176 g/mol. The van der Waals surface area contributed by atoms with Crippen LogP contribution < -0.4 is 0 Å². The highest BCUT2D eigenvalue weighted by molar-refractivity contribution is 6.01. The summed E-state index contributed by atoms with van der Waals surface area (Å²) in [4.78, 5) is 11.6. The van der Waals surface area contributed by atoms with Crippen molar-refractivity contribution >= 4 is 5.78 Å². The predicted octanol–water partition coefficient (Wildman–Crippen LogP) is 2.10. The van der Waals surface area contributed by atoms with Crippen molar-refractivity contribution in [1.82, 2.24) is 0 Å². The Morgan fingerprint density at radius 3 is 3.00 bits per heavy atom. The molecule has 0 spiro atoms. The van der Waals surface area contributed by atoms with Gasteiger partial charge < -0.3 is 4.74 Å². The van der Waals surface area contributed by atoms with Gasteiger partial charge in [-0.3, -0.25) is 4.79 Å². The van der Waals surface area contributed by atoms with Crippen molar-refractivity contribution in [2.45, 2.75) is 26.6 Å². The Labute approximate surface area is 77.5 Å². The molecule has 0 radical (unpaired) electrons. The molecule has 0 fully saturated rings. The average Bonchev–Trinajstić information content (AvgIpc) is 2.12. The number of Topliss-reactive ketones (excluding diaryl/α,β-unsaturated/α-hetero) is 1. The molecule has 1 aliphatic rings. The molecule has 68 valence electrons. The van der Waals surface area contributed by atoms with E-state index in [2.05, 4.69) is 0 Å². The van der Waals surface area contributed by atoms with Crippen molar-refractivity contribution in [3.8, 4) is 0 Å². The highest BCUT2D eigenvalue weighted by Gasteiger charge is 2.23. The maximum absolute atomic E-state index is 11.6. The molecule has 1 unspecified atom stereocenters. The maximum Gasteiger partial charge on any atom is 0.191 e. The Morgan fingerprint density at radius 2 is 2.23 bits per heavy atom. The Hall–Kier alpha value is -1.15. The third-order valence-corrected chi connectivity index (χ3v) is 2.38. The minimum atomic E-state index is -0.282. The number of rotatable bonds is 0. The van der Waals surface area contributed by atoms with Crippen molar-refractivity contribution in [1.29, 1.82) is 0 Å². The van der Waals surface area contributed by atoms with E-state index >= 15 is 0 Å². The second-order valence-corrected chi connectivity index (χ2v) is 3.48.